The van der Waals surface area contributed by atoms with Crippen LogP contribution in [0.25, 0.3) is 0 Å². The molecule has 0 aliphatic rings. The van der Waals surface area contributed by atoms with E-state index in [9.17, 15) is 0 Å². The van der Waals surface area contributed by atoms with Crippen molar-refractivity contribution < 1.29 is 4.52 Å². The minimum absolute atomic E-state index is 0.281. The molecule has 0 atom stereocenters. The second kappa shape index (κ2) is 5.69. The molecule has 0 aliphatic carbocycles. The van der Waals surface area contributed by atoms with Crippen LogP contribution >= 0.6 is 0 Å². The van der Waals surface area contributed by atoms with Crippen LogP contribution in [0.3, 0.4) is 0 Å². The van der Waals surface area contributed by atoms with Crippen molar-refractivity contribution in [3.63, 3.8) is 0 Å². The molecular formula is C13H19N5O. The zero-order valence-corrected chi connectivity index (χ0v) is 11.7. The molecule has 0 fully saturated rings. The molecular weight excluding hydrogens is 242 g/mol. The van der Waals surface area contributed by atoms with Crippen molar-refractivity contribution >= 4 is 11.6 Å². The lowest BCUT2D eigenvalue weighted by atomic mass is 10.2. The van der Waals surface area contributed by atoms with Crippen molar-refractivity contribution in [1.29, 1.82) is 0 Å². The lowest BCUT2D eigenvalue weighted by Gasteiger charge is -2.10. The normalized spacial score (nSPS) is 10.8. The van der Waals surface area contributed by atoms with Gasteiger partial charge in [-0.3, -0.25) is 0 Å². The van der Waals surface area contributed by atoms with Crippen LogP contribution in [0.5, 0.6) is 0 Å². The van der Waals surface area contributed by atoms with Crippen LogP contribution in [0.4, 0.5) is 11.6 Å². The number of aryl methyl sites for hydroxylation is 1. The van der Waals surface area contributed by atoms with E-state index in [0.717, 1.165) is 28.9 Å². The predicted molar refractivity (Wildman–Crippen MR) is 74.2 cm³/mol. The summed E-state index contributed by atoms with van der Waals surface area (Å²) in [5.41, 5.74) is 0.855. The van der Waals surface area contributed by atoms with Crippen molar-refractivity contribution in [1.82, 2.24) is 15.1 Å². The molecule has 0 amide bonds. The van der Waals surface area contributed by atoms with Gasteiger partial charge in [0, 0.05) is 25.1 Å². The van der Waals surface area contributed by atoms with E-state index < -0.39 is 0 Å². The van der Waals surface area contributed by atoms with E-state index in [-0.39, 0.29) is 5.92 Å². The van der Waals surface area contributed by atoms with Crippen LogP contribution in [0, 0.1) is 6.92 Å². The van der Waals surface area contributed by atoms with Crippen molar-refractivity contribution in [2.75, 3.05) is 17.7 Å². The monoisotopic (exact) mass is 261 g/mol. The zero-order valence-electron chi connectivity index (χ0n) is 11.7. The largest absolute Gasteiger partial charge is 0.373 e. The quantitative estimate of drug-likeness (QED) is 0.861. The Balaban J connectivity index is 2.12. The first-order chi connectivity index (χ1) is 9.08. The number of aromatic nitrogens is 3. The summed E-state index contributed by atoms with van der Waals surface area (Å²) in [6, 6.07) is 3.77. The number of rotatable bonds is 5. The summed E-state index contributed by atoms with van der Waals surface area (Å²) in [6.07, 6.45) is 0. The third kappa shape index (κ3) is 3.43. The summed E-state index contributed by atoms with van der Waals surface area (Å²) in [4.78, 5) is 8.90. The fraction of sp³-hybridized carbons (Fsp3) is 0.462. The summed E-state index contributed by atoms with van der Waals surface area (Å²) in [5.74, 6) is 3.48. The van der Waals surface area contributed by atoms with Crippen LogP contribution in [-0.2, 0) is 6.54 Å². The first-order valence-electron chi connectivity index (χ1n) is 6.31. The van der Waals surface area contributed by atoms with E-state index in [1.807, 2.05) is 26.1 Å². The number of hydrogen-bond donors (Lipinski definition) is 2. The van der Waals surface area contributed by atoms with Gasteiger partial charge in [0.25, 0.3) is 0 Å². The van der Waals surface area contributed by atoms with Crippen LogP contribution in [-0.4, -0.2) is 22.2 Å². The molecule has 2 aromatic heterocycles. The van der Waals surface area contributed by atoms with E-state index in [4.69, 9.17) is 4.52 Å². The van der Waals surface area contributed by atoms with Gasteiger partial charge in [0.1, 0.15) is 28.9 Å². The first-order valence-corrected chi connectivity index (χ1v) is 6.31. The van der Waals surface area contributed by atoms with Gasteiger partial charge in [0.15, 0.2) is 0 Å². The third-order valence-electron chi connectivity index (χ3n) is 2.64. The highest BCUT2D eigenvalue weighted by molar-refractivity contribution is 5.47. The highest BCUT2D eigenvalue weighted by Crippen LogP contribution is 2.17. The van der Waals surface area contributed by atoms with Gasteiger partial charge in [-0.05, 0) is 6.92 Å². The van der Waals surface area contributed by atoms with Crippen molar-refractivity contribution in [3.8, 4) is 0 Å². The molecule has 2 heterocycles. The molecule has 0 bridgehead atoms. The van der Waals surface area contributed by atoms with Gasteiger partial charge < -0.3 is 15.2 Å². The van der Waals surface area contributed by atoms with Gasteiger partial charge in [0.05, 0.1) is 6.54 Å². The SMILES string of the molecule is CNc1cc(NCc2cc(C)on2)nc(C(C)C)n1. The van der Waals surface area contributed by atoms with Gasteiger partial charge >= 0.3 is 0 Å². The van der Waals surface area contributed by atoms with Gasteiger partial charge in [-0.25, -0.2) is 9.97 Å². The second-order valence-electron chi connectivity index (χ2n) is 4.68. The summed E-state index contributed by atoms with van der Waals surface area (Å²) < 4.78 is 5.02. The first kappa shape index (κ1) is 13.3. The molecule has 2 rings (SSSR count). The number of anilines is 2. The maximum Gasteiger partial charge on any atom is 0.135 e. The third-order valence-corrected chi connectivity index (χ3v) is 2.64. The van der Waals surface area contributed by atoms with E-state index in [1.165, 1.54) is 0 Å². The molecule has 102 valence electrons. The smallest absolute Gasteiger partial charge is 0.135 e. The van der Waals surface area contributed by atoms with Crippen molar-refractivity contribution in [3.05, 3.63) is 29.4 Å². The van der Waals surface area contributed by atoms with E-state index in [2.05, 4.69) is 39.6 Å². The Morgan fingerprint density at radius 1 is 1.21 bits per heavy atom. The summed E-state index contributed by atoms with van der Waals surface area (Å²) in [6.45, 7) is 6.59. The van der Waals surface area contributed by atoms with E-state index in [1.54, 1.807) is 0 Å². The molecule has 19 heavy (non-hydrogen) atoms. The summed E-state index contributed by atoms with van der Waals surface area (Å²) in [7, 11) is 1.84. The number of nitrogens with zero attached hydrogens (tertiary/aromatic N) is 3. The minimum Gasteiger partial charge on any atom is -0.373 e. The van der Waals surface area contributed by atoms with Crippen molar-refractivity contribution in [2.24, 2.45) is 0 Å². The molecule has 6 nitrogen and oxygen atoms in total. The Hall–Kier alpha value is -2.11. The van der Waals surface area contributed by atoms with Gasteiger partial charge in [-0.1, -0.05) is 19.0 Å². The Morgan fingerprint density at radius 3 is 2.53 bits per heavy atom. The van der Waals surface area contributed by atoms with E-state index >= 15 is 0 Å². The average Bonchev–Trinajstić information content (AvgIpc) is 2.81. The molecule has 6 heteroatoms. The number of hydrogen-bond acceptors (Lipinski definition) is 6. The minimum atomic E-state index is 0.281. The molecule has 0 unspecified atom stereocenters. The van der Waals surface area contributed by atoms with Gasteiger partial charge in [0.2, 0.25) is 0 Å². The highest BCUT2D eigenvalue weighted by Gasteiger charge is 2.08. The molecule has 0 radical (unpaired) electrons. The second-order valence-corrected chi connectivity index (χ2v) is 4.68. The molecule has 0 saturated heterocycles. The molecule has 2 N–H and O–H groups in total. The van der Waals surface area contributed by atoms with Crippen LogP contribution in [0.1, 0.15) is 37.0 Å². The molecule has 0 aromatic carbocycles. The summed E-state index contributed by atoms with van der Waals surface area (Å²) in [5, 5.41) is 10.2. The van der Waals surface area contributed by atoms with Crippen LogP contribution < -0.4 is 10.6 Å². The van der Waals surface area contributed by atoms with Crippen LogP contribution in [0.15, 0.2) is 16.7 Å². The highest BCUT2D eigenvalue weighted by atomic mass is 16.5. The molecule has 0 saturated carbocycles. The lowest BCUT2D eigenvalue weighted by Crippen LogP contribution is -2.07. The van der Waals surface area contributed by atoms with Crippen LogP contribution in [0.2, 0.25) is 0 Å². The lowest BCUT2D eigenvalue weighted by molar-refractivity contribution is 0.391. The Morgan fingerprint density at radius 2 is 1.95 bits per heavy atom. The maximum atomic E-state index is 5.02. The van der Waals surface area contributed by atoms with Crippen molar-refractivity contribution in [2.45, 2.75) is 33.2 Å². The van der Waals surface area contributed by atoms with E-state index in [0.29, 0.717) is 6.54 Å². The zero-order chi connectivity index (χ0) is 13.8. The van der Waals surface area contributed by atoms with Gasteiger partial charge in [-0.15, -0.1) is 0 Å². The van der Waals surface area contributed by atoms with Gasteiger partial charge in [-0.2, -0.15) is 0 Å². The average molecular weight is 261 g/mol. The predicted octanol–water partition coefficient (Wildman–Crippen LogP) is 2.55. The Labute approximate surface area is 112 Å². The summed E-state index contributed by atoms with van der Waals surface area (Å²) >= 11 is 0. The fourth-order valence-corrected chi connectivity index (χ4v) is 1.63. The molecule has 0 aliphatic heterocycles. The Bertz CT molecular complexity index is 550. The molecule has 2 aromatic rings. The number of nitrogens with one attached hydrogen (secondary N) is 2. The fourth-order valence-electron chi connectivity index (χ4n) is 1.63. The maximum absolute atomic E-state index is 5.02. The Kier molecular flexibility index (Phi) is 3.99. The standard InChI is InChI=1S/C13H19N5O/c1-8(2)13-16-11(14-4)6-12(17-13)15-7-10-5-9(3)19-18-10/h5-6,8H,7H2,1-4H3,(H2,14,15,16,17). The molecule has 0 spiro atoms. The topological polar surface area (TPSA) is 75.9 Å².